The lowest BCUT2D eigenvalue weighted by molar-refractivity contribution is 0.0260. The highest BCUT2D eigenvalue weighted by Crippen LogP contribution is 2.53. The molecule has 22 heavy (non-hydrogen) atoms. The zero-order valence-corrected chi connectivity index (χ0v) is 12.7. The molecule has 0 spiro atoms. The zero-order chi connectivity index (χ0) is 15.7. The summed E-state index contributed by atoms with van der Waals surface area (Å²) in [5.41, 5.74) is -0.509. The van der Waals surface area contributed by atoms with Crippen molar-refractivity contribution in [2.45, 2.75) is 36.9 Å². The predicted molar refractivity (Wildman–Crippen MR) is 78.5 cm³/mol. The predicted octanol–water partition coefficient (Wildman–Crippen LogP) is 2.77. The maximum atomic E-state index is 9.58. The maximum Gasteiger partial charge on any atom is 0.248 e. The molecule has 0 amide bonds. The Hall–Kier alpha value is -2.24. The van der Waals surface area contributed by atoms with E-state index in [0.717, 1.165) is 24.8 Å². The third kappa shape index (κ3) is 2.01. The van der Waals surface area contributed by atoms with Crippen molar-refractivity contribution >= 4 is 0 Å². The lowest BCUT2D eigenvalue weighted by atomic mass is 9.76. The molecule has 1 aromatic carbocycles. The first-order valence-electron chi connectivity index (χ1n) is 7.41. The number of hydrogen-bond donors (Lipinski definition) is 0. The topological polar surface area (TPSA) is 75.3 Å². The van der Waals surface area contributed by atoms with Gasteiger partial charge in [0.2, 0.25) is 5.60 Å². The lowest BCUT2D eigenvalue weighted by Gasteiger charge is -2.24. The number of nitrogens with zero attached hydrogens (tertiary/aromatic N) is 2. The average Bonchev–Trinajstić information content (AvgIpc) is 3.12. The Kier molecular flexibility index (Phi) is 3.68. The molecule has 0 bridgehead atoms. The van der Waals surface area contributed by atoms with E-state index >= 15 is 0 Å². The van der Waals surface area contributed by atoms with Gasteiger partial charge >= 0.3 is 0 Å². The Morgan fingerprint density at radius 3 is 2.50 bits per heavy atom. The van der Waals surface area contributed by atoms with Gasteiger partial charge in [-0.25, -0.2) is 0 Å². The van der Waals surface area contributed by atoms with Crippen molar-refractivity contribution in [3.05, 3.63) is 23.8 Å². The standard InChI is InChI=1S/C17H18N2O3/c1-20-14-7-6-11(8-15(14)21-2)16-12-4-3-5-13(12)22-17(16,9-18)10-19/h6-8,12-13,16H,3-5H2,1-2H3/t12-,13+,16-/m1/s1. The van der Waals surface area contributed by atoms with E-state index in [2.05, 4.69) is 12.1 Å². The second-order valence-electron chi connectivity index (χ2n) is 5.80. The fraction of sp³-hybridized carbons (Fsp3) is 0.529. The Bertz CT molecular complexity index is 645. The highest BCUT2D eigenvalue weighted by Gasteiger charge is 2.58. The van der Waals surface area contributed by atoms with Gasteiger partial charge < -0.3 is 14.2 Å². The fourth-order valence-electron chi connectivity index (χ4n) is 3.84. The molecule has 1 aromatic rings. The summed E-state index contributed by atoms with van der Waals surface area (Å²) in [5.74, 6) is 1.19. The van der Waals surface area contributed by atoms with Crippen LogP contribution in [-0.4, -0.2) is 25.9 Å². The summed E-state index contributed by atoms with van der Waals surface area (Å²) < 4.78 is 16.5. The molecule has 2 aliphatic rings. The highest BCUT2D eigenvalue weighted by molar-refractivity contribution is 5.47. The minimum Gasteiger partial charge on any atom is -0.493 e. The number of hydrogen-bond acceptors (Lipinski definition) is 5. The van der Waals surface area contributed by atoms with Gasteiger partial charge in [-0.1, -0.05) is 12.5 Å². The largest absolute Gasteiger partial charge is 0.493 e. The van der Waals surface area contributed by atoms with Gasteiger partial charge in [-0.05, 0) is 36.5 Å². The zero-order valence-electron chi connectivity index (χ0n) is 12.7. The van der Waals surface area contributed by atoms with Gasteiger partial charge in [-0.15, -0.1) is 0 Å². The molecule has 0 N–H and O–H groups in total. The summed E-state index contributed by atoms with van der Waals surface area (Å²) in [6.45, 7) is 0. The Morgan fingerprint density at radius 2 is 1.86 bits per heavy atom. The third-order valence-electron chi connectivity index (χ3n) is 4.81. The van der Waals surface area contributed by atoms with Crippen molar-refractivity contribution in [1.82, 2.24) is 0 Å². The Balaban J connectivity index is 2.08. The molecule has 5 heteroatoms. The summed E-state index contributed by atoms with van der Waals surface area (Å²) in [6, 6.07) is 9.81. The van der Waals surface area contributed by atoms with Gasteiger partial charge in [0.1, 0.15) is 12.1 Å². The third-order valence-corrected chi connectivity index (χ3v) is 4.81. The number of methoxy groups -OCH3 is 2. The summed E-state index contributed by atoms with van der Waals surface area (Å²) in [6.07, 6.45) is 2.97. The van der Waals surface area contributed by atoms with Crippen LogP contribution in [0, 0.1) is 28.6 Å². The SMILES string of the molecule is COc1ccc([C@@H]2[C@@H]3CCC[C@@H]3OC2(C#N)C#N)cc1OC. The van der Waals surface area contributed by atoms with Crippen LogP contribution in [0.15, 0.2) is 18.2 Å². The molecule has 3 rings (SSSR count). The molecule has 114 valence electrons. The van der Waals surface area contributed by atoms with E-state index in [1.807, 2.05) is 18.2 Å². The Morgan fingerprint density at radius 1 is 1.14 bits per heavy atom. The summed E-state index contributed by atoms with van der Waals surface area (Å²) in [7, 11) is 3.16. The van der Waals surface area contributed by atoms with E-state index < -0.39 is 5.60 Å². The Labute approximate surface area is 130 Å². The van der Waals surface area contributed by atoms with Gasteiger partial charge in [0, 0.05) is 5.92 Å². The van der Waals surface area contributed by atoms with Crippen molar-refractivity contribution in [3.63, 3.8) is 0 Å². The van der Waals surface area contributed by atoms with Crippen LogP contribution in [0.1, 0.15) is 30.7 Å². The molecule has 1 saturated carbocycles. The monoisotopic (exact) mass is 298 g/mol. The molecule has 2 fully saturated rings. The van der Waals surface area contributed by atoms with Crippen LogP contribution in [0.2, 0.25) is 0 Å². The highest BCUT2D eigenvalue weighted by atomic mass is 16.5. The van der Waals surface area contributed by atoms with E-state index in [4.69, 9.17) is 14.2 Å². The van der Waals surface area contributed by atoms with Crippen LogP contribution in [0.4, 0.5) is 0 Å². The molecule has 5 nitrogen and oxygen atoms in total. The first-order chi connectivity index (χ1) is 10.7. The first-order valence-corrected chi connectivity index (χ1v) is 7.41. The molecular formula is C17H18N2O3. The minimum absolute atomic E-state index is 0.00241. The van der Waals surface area contributed by atoms with E-state index in [0.29, 0.717) is 11.5 Å². The smallest absolute Gasteiger partial charge is 0.248 e. The van der Waals surface area contributed by atoms with E-state index in [9.17, 15) is 10.5 Å². The van der Waals surface area contributed by atoms with Gasteiger partial charge in [-0.3, -0.25) is 0 Å². The normalized spacial score (nSPS) is 28.5. The molecule has 3 atom stereocenters. The number of rotatable bonds is 3. The summed E-state index contributed by atoms with van der Waals surface area (Å²) in [4.78, 5) is 0. The first kappa shape index (κ1) is 14.7. The summed E-state index contributed by atoms with van der Waals surface area (Å²) in [5, 5.41) is 19.2. The van der Waals surface area contributed by atoms with Crippen LogP contribution >= 0.6 is 0 Å². The second kappa shape index (κ2) is 5.51. The van der Waals surface area contributed by atoms with E-state index in [1.54, 1.807) is 14.2 Å². The van der Waals surface area contributed by atoms with Crippen molar-refractivity contribution in [1.29, 1.82) is 10.5 Å². The second-order valence-corrected chi connectivity index (χ2v) is 5.80. The number of benzene rings is 1. The molecule has 0 aromatic heterocycles. The van der Waals surface area contributed by atoms with Gasteiger partial charge in [-0.2, -0.15) is 10.5 Å². The minimum atomic E-state index is -1.41. The average molecular weight is 298 g/mol. The van der Waals surface area contributed by atoms with Gasteiger partial charge in [0.05, 0.1) is 20.3 Å². The molecule has 1 aliphatic carbocycles. The molecule has 1 saturated heterocycles. The van der Waals surface area contributed by atoms with Crippen LogP contribution in [-0.2, 0) is 4.74 Å². The van der Waals surface area contributed by atoms with Gasteiger partial charge in [0.25, 0.3) is 0 Å². The van der Waals surface area contributed by atoms with Crippen LogP contribution in [0.25, 0.3) is 0 Å². The molecule has 1 aliphatic heterocycles. The lowest BCUT2D eigenvalue weighted by Crippen LogP contribution is -2.32. The van der Waals surface area contributed by atoms with Crippen LogP contribution in [0.5, 0.6) is 11.5 Å². The van der Waals surface area contributed by atoms with Crippen LogP contribution < -0.4 is 9.47 Å². The molecule has 0 unspecified atom stereocenters. The number of ether oxygens (including phenoxy) is 3. The quantitative estimate of drug-likeness (QED) is 0.857. The molecule has 1 heterocycles. The maximum absolute atomic E-state index is 9.58. The van der Waals surface area contributed by atoms with E-state index in [1.165, 1.54) is 0 Å². The van der Waals surface area contributed by atoms with Crippen LogP contribution in [0.3, 0.4) is 0 Å². The number of nitriles is 2. The molecular weight excluding hydrogens is 280 g/mol. The van der Waals surface area contributed by atoms with Crippen molar-refractivity contribution in [3.8, 4) is 23.6 Å². The fourth-order valence-corrected chi connectivity index (χ4v) is 3.84. The van der Waals surface area contributed by atoms with Gasteiger partial charge in [0.15, 0.2) is 11.5 Å². The van der Waals surface area contributed by atoms with Crippen molar-refractivity contribution < 1.29 is 14.2 Å². The van der Waals surface area contributed by atoms with E-state index in [-0.39, 0.29) is 17.9 Å². The summed E-state index contributed by atoms with van der Waals surface area (Å²) >= 11 is 0. The molecule has 0 radical (unpaired) electrons. The number of fused-ring (bicyclic) bond motifs is 1. The van der Waals surface area contributed by atoms with Crippen molar-refractivity contribution in [2.24, 2.45) is 5.92 Å². The van der Waals surface area contributed by atoms with Crippen molar-refractivity contribution in [2.75, 3.05) is 14.2 Å².